The lowest BCUT2D eigenvalue weighted by molar-refractivity contribution is -0.124. The lowest BCUT2D eigenvalue weighted by Crippen LogP contribution is -2.26. The molecule has 1 aromatic rings. The number of benzene rings is 1. The number of carbonyl (C=O) groups excluding carboxylic acids is 1. The van der Waals surface area contributed by atoms with Crippen molar-refractivity contribution in [3.63, 3.8) is 0 Å². The van der Waals surface area contributed by atoms with Crippen molar-refractivity contribution in [1.29, 1.82) is 0 Å². The van der Waals surface area contributed by atoms with Gasteiger partial charge in [-0.05, 0) is 17.7 Å². The normalized spacial score (nSPS) is 13.4. The molecule has 0 aliphatic heterocycles. The minimum atomic E-state index is -3.96. The molecule has 1 atom stereocenters. The number of carbonyl (C=O) groups is 1. The average Bonchev–Trinajstić information content (AvgIpc) is 2.17. The van der Waals surface area contributed by atoms with E-state index in [2.05, 4.69) is 4.18 Å². The number of rotatable bonds is 4. The zero-order valence-corrected chi connectivity index (χ0v) is 9.50. The third kappa shape index (κ3) is 3.75. The van der Waals surface area contributed by atoms with Crippen LogP contribution in [0.3, 0.4) is 0 Å². The van der Waals surface area contributed by atoms with Gasteiger partial charge in [-0.25, -0.2) is 8.78 Å². The van der Waals surface area contributed by atoms with Crippen molar-refractivity contribution in [2.24, 2.45) is 5.73 Å². The van der Waals surface area contributed by atoms with Crippen LogP contribution in [0.5, 0.6) is 0 Å². The largest absolute Gasteiger partial charge is 0.367 e. The van der Waals surface area contributed by atoms with E-state index in [1.807, 2.05) is 0 Å². The van der Waals surface area contributed by atoms with Gasteiger partial charge in [-0.3, -0.25) is 8.98 Å². The van der Waals surface area contributed by atoms with E-state index in [0.29, 0.717) is 12.3 Å². The van der Waals surface area contributed by atoms with Gasteiger partial charge in [0, 0.05) is 0 Å². The summed E-state index contributed by atoms with van der Waals surface area (Å²) in [5.74, 6) is -3.48. The average molecular weight is 265 g/mol. The summed E-state index contributed by atoms with van der Waals surface area (Å²) in [7, 11) is -3.96. The number of hydrogen-bond donors (Lipinski definition) is 1. The van der Waals surface area contributed by atoms with E-state index >= 15 is 0 Å². The molecule has 0 fully saturated rings. The van der Waals surface area contributed by atoms with Crippen LogP contribution in [0.2, 0.25) is 0 Å². The maximum Gasteiger partial charge on any atom is 0.265 e. The molecule has 0 aliphatic rings. The lowest BCUT2D eigenvalue weighted by Gasteiger charge is -2.13. The van der Waals surface area contributed by atoms with Crippen LogP contribution in [-0.4, -0.2) is 20.6 Å². The predicted molar refractivity (Wildman–Crippen MR) is 54.2 cm³/mol. The Labute approximate surface area is 96.3 Å². The number of hydrogen-bond acceptors (Lipinski definition) is 4. The Bertz CT molecular complexity index is 544. The van der Waals surface area contributed by atoms with E-state index in [-0.39, 0.29) is 5.56 Å². The van der Waals surface area contributed by atoms with Crippen molar-refractivity contribution in [3.05, 3.63) is 35.4 Å². The van der Waals surface area contributed by atoms with Crippen LogP contribution in [0.4, 0.5) is 8.78 Å². The first-order chi connectivity index (χ1) is 7.70. The summed E-state index contributed by atoms with van der Waals surface area (Å²) in [4.78, 5) is 11.0. The van der Waals surface area contributed by atoms with E-state index in [0.717, 1.165) is 12.1 Å². The second-order valence-corrected chi connectivity index (χ2v) is 4.86. The molecule has 8 heteroatoms. The van der Waals surface area contributed by atoms with Crippen molar-refractivity contribution in [2.75, 3.05) is 6.26 Å². The molecule has 1 rings (SSSR count). The van der Waals surface area contributed by atoms with Gasteiger partial charge in [-0.2, -0.15) is 8.42 Å². The number of nitrogens with two attached hydrogens (primary N) is 1. The molecular formula is C9H9F2NO4S. The molecule has 0 radical (unpaired) electrons. The fourth-order valence-corrected chi connectivity index (χ4v) is 1.67. The van der Waals surface area contributed by atoms with Gasteiger partial charge in [0.15, 0.2) is 17.7 Å². The fraction of sp³-hybridized carbons (Fsp3) is 0.222. The predicted octanol–water partition coefficient (Wildman–Crippen LogP) is 0.467. The molecule has 1 amide bonds. The molecule has 5 nitrogen and oxygen atoms in total. The van der Waals surface area contributed by atoms with Gasteiger partial charge in [-0.1, -0.05) is 6.07 Å². The second-order valence-electron chi connectivity index (χ2n) is 3.26. The summed E-state index contributed by atoms with van der Waals surface area (Å²) in [6.07, 6.45) is -0.969. The lowest BCUT2D eigenvalue weighted by atomic mass is 10.1. The Morgan fingerprint density at radius 3 is 2.35 bits per heavy atom. The molecule has 0 aromatic heterocycles. The molecule has 0 saturated carbocycles. The van der Waals surface area contributed by atoms with Gasteiger partial charge in [0.1, 0.15) is 0 Å². The third-order valence-corrected chi connectivity index (χ3v) is 2.32. The SMILES string of the molecule is CS(=O)(=O)OC(C(N)=O)c1ccc(F)c(F)c1. The van der Waals surface area contributed by atoms with Gasteiger partial charge in [-0.15, -0.1) is 0 Å². The Morgan fingerprint density at radius 2 is 1.94 bits per heavy atom. The molecule has 0 aliphatic carbocycles. The molecule has 1 unspecified atom stereocenters. The summed E-state index contributed by atoms with van der Waals surface area (Å²) in [5, 5.41) is 0. The van der Waals surface area contributed by atoms with E-state index in [9.17, 15) is 22.0 Å². The highest BCUT2D eigenvalue weighted by atomic mass is 32.2. The fourth-order valence-electron chi connectivity index (χ4n) is 1.12. The Hall–Kier alpha value is -1.54. The number of amides is 1. The van der Waals surface area contributed by atoms with Crippen molar-refractivity contribution in [1.82, 2.24) is 0 Å². The smallest absolute Gasteiger partial charge is 0.265 e. The Kier molecular flexibility index (Phi) is 3.79. The minimum Gasteiger partial charge on any atom is -0.367 e. The quantitative estimate of drug-likeness (QED) is 0.801. The molecule has 2 N–H and O–H groups in total. The standard InChI is InChI=1S/C9H9F2NO4S/c1-17(14,15)16-8(9(12)13)5-2-3-6(10)7(11)4-5/h2-4,8H,1H3,(H2,12,13). The monoisotopic (exact) mass is 265 g/mol. The summed E-state index contributed by atoms with van der Waals surface area (Å²) < 4.78 is 51.7. The number of halogens is 2. The summed E-state index contributed by atoms with van der Waals surface area (Å²) >= 11 is 0. The van der Waals surface area contributed by atoms with Crippen LogP contribution in [0.15, 0.2) is 18.2 Å². The highest BCUT2D eigenvalue weighted by Crippen LogP contribution is 2.21. The van der Waals surface area contributed by atoms with Crippen LogP contribution in [0, 0.1) is 11.6 Å². The molecule has 0 bridgehead atoms. The molecule has 17 heavy (non-hydrogen) atoms. The van der Waals surface area contributed by atoms with E-state index in [1.165, 1.54) is 0 Å². The molecule has 1 aromatic carbocycles. The minimum absolute atomic E-state index is 0.179. The summed E-state index contributed by atoms with van der Waals surface area (Å²) in [6, 6.07) is 2.40. The van der Waals surface area contributed by atoms with Gasteiger partial charge < -0.3 is 5.73 Å². The van der Waals surface area contributed by atoms with Crippen LogP contribution >= 0.6 is 0 Å². The third-order valence-electron chi connectivity index (χ3n) is 1.78. The van der Waals surface area contributed by atoms with E-state index in [1.54, 1.807) is 0 Å². The first-order valence-electron chi connectivity index (χ1n) is 4.33. The zero-order valence-electron chi connectivity index (χ0n) is 8.68. The van der Waals surface area contributed by atoms with Crippen molar-refractivity contribution >= 4 is 16.0 Å². The Morgan fingerprint density at radius 1 is 1.35 bits per heavy atom. The summed E-state index contributed by atoms with van der Waals surface area (Å²) in [6.45, 7) is 0. The van der Waals surface area contributed by atoms with Crippen LogP contribution in [0.25, 0.3) is 0 Å². The number of primary amides is 1. The molecular weight excluding hydrogens is 256 g/mol. The van der Waals surface area contributed by atoms with Crippen molar-refractivity contribution in [3.8, 4) is 0 Å². The van der Waals surface area contributed by atoms with E-state index < -0.39 is 33.8 Å². The topological polar surface area (TPSA) is 86.5 Å². The van der Waals surface area contributed by atoms with Gasteiger partial charge >= 0.3 is 0 Å². The first-order valence-corrected chi connectivity index (χ1v) is 6.15. The maximum atomic E-state index is 12.9. The zero-order chi connectivity index (χ0) is 13.2. The van der Waals surface area contributed by atoms with Crippen LogP contribution in [0.1, 0.15) is 11.7 Å². The highest BCUT2D eigenvalue weighted by molar-refractivity contribution is 7.86. The molecule has 0 spiro atoms. The molecule has 94 valence electrons. The van der Waals surface area contributed by atoms with Gasteiger partial charge in [0.2, 0.25) is 0 Å². The van der Waals surface area contributed by atoms with Crippen molar-refractivity contribution in [2.45, 2.75) is 6.10 Å². The molecule has 0 heterocycles. The highest BCUT2D eigenvalue weighted by Gasteiger charge is 2.24. The summed E-state index contributed by atoms with van der Waals surface area (Å²) in [5.41, 5.74) is 4.74. The van der Waals surface area contributed by atoms with Crippen LogP contribution < -0.4 is 5.73 Å². The van der Waals surface area contributed by atoms with Crippen molar-refractivity contribution < 1.29 is 26.2 Å². The maximum absolute atomic E-state index is 12.9. The Balaban J connectivity index is 3.15. The molecule has 0 saturated heterocycles. The van der Waals surface area contributed by atoms with Crippen LogP contribution in [-0.2, 0) is 19.1 Å². The van der Waals surface area contributed by atoms with Gasteiger partial charge in [0.05, 0.1) is 6.26 Å². The van der Waals surface area contributed by atoms with E-state index in [4.69, 9.17) is 5.73 Å². The first kappa shape index (κ1) is 13.5. The van der Waals surface area contributed by atoms with Gasteiger partial charge in [0.25, 0.3) is 16.0 Å². The second kappa shape index (κ2) is 4.76.